The van der Waals surface area contributed by atoms with E-state index >= 15 is 0 Å². The number of carbonyl (C=O) groups excluding carboxylic acids is 5. The van der Waals surface area contributed by atoms with E-state index in [4.69, 9.17) is 44.8 Å². The average Bonchev–Trinajstić information content (AvgIpc) is 3.60. The molecule has 0 aromatic carbocycles. The first-order valence-electron chi connectivity index (χ1n) is 13.7. The Morgan fingerprint density at radius 1 is 0.952 bits per heavy atom. The third-order valence-corrected chi connectivity index (χ3v) is 10.1. The van der Waals surface area contributed by atoms with E-state index in [1.165, 1.54) is 27.7 Å². The molecule has 1 unspecified atom stereocenters. The zero-order chi connectivity index (χ0) is 31.2. The van der Waals surface area contributed by atoms with E-state index in [-0.39, 0.29) is 18.6 Å². The Labute approximate surface area is 247 Å². The number of aliphatic hydroxyl groups is 1. The number of hydrogen-bond acceptors (Lipinski definition) is 13. The Hall–Kier alpha value is -2.74. The minimum atomic E-state index is -2.32. The molecule has 232 valence electrons. The van der Waals surface area contributed by atoms with Crippen LogP contribution in [-0.2, 0) is 57.1 Å². The molecule has 1 saturated carbocycles. The van der Waals surface area contributed by atoms with Crippen molar-refractivity contribution in [3.05, 3.63) is 12.2 Å². The monoisotopic (exact) mass is 614 g/mol. The average molecular weight is 615 g/mol. The number of carbonyl (C=O) groups is 5. The molecule has 0 aromatic heterocycles. The maximum Gasteiger partial charge on any atom is 0.312 e. The Balaban J connectivity index is 1.85. The van der Waals surface area contributed by atoms with Gasteiger partial charge in [0, 0.05) is 52.0 Å². The fourth-order valence-corrected chi connectivity index (χ4v) is 8.18. The third-order valence-electron chi connectivity index (χ3n) is 9.63. The molecule has 2 spiro atoms. The standard InChI is InChI=1S/C28H35ClO13/c1-11-20(29)22-28(12(2)24(34)41-22)23(40-16(6)33)21-25(7,19(39-15(5)32)9-27(11,35)42-28)17(37-13(3)30)8-18(38-14(4)31)26(21)10-36-26/h12,17-23,35H,1,8-10H2,2-7H3/t12-,17-,18+,19-,20-,21+,22-,23-,25+,26+,27?,28-/m0/s1. The van der Waals surface area contributed by atoms with Crippen molar-refractivity contribution in [2.24, 2.45) is 17.3 Å². The number of ether oxygens (including phenoxy) is 7. The fourth-order valence-electron chi connectivity index (χ4n) is 7.76. The molecule has 14 heteroatoms. The first kappa shape index (κ1) is 30.7. The van der Waals surface area contributed by atoms with Gasteiger partial charge in [-0.3, -0.25) is 24.0 Å². The van der Waals surface area contributed by atoms with Gasteiger partial charge in [-0.2, -0.15) is 0 Å². The maximum absolute atomic E-state index is 13.2. The molecule has 13 nitrogen and oxygen atoms in total. The zero-order valence-electron chi connectivity index (χ0n) is 24.2. The molecule has 5 aliphatic rings. The number of hydrogen-bond donors (Lipinski definition) is 1. The minimum Gasteiger partial charge on any atom is -0.462 e. The van der Waals surface area contributed by atoms with Crippen LogP contribution in [0, 0.1) is 17.3 Å². The van der Waals surface area contributed by atoms with Crippen LogP contribution in [0.3, 0.4) is 0 Å². The van der Waals surface area contributed by atoms with Crippen LogP contribution in [0.1, 0.15) is 54.4 Å². The number of epoxide rings is 1. The second-order valence-electron chi connectivity index (χ2n) is 12.1. The molecule has 1 N–H and O–H groups in total. The van der Waals surface area contributed by atoms with Gasteiger partial charge in [-0.15, -0.1) is 11.6 Å². The van der Waals surface area contributed by atoms with Crippen LogP contribution in [-0.4, -0.2) is 94.4 Å². The van der Waals surface area contributed by atoms with Gasteiger partial charge in [0.2, 0.25) is 0 Å². The van der Waals surface area contributed by atoms with Crippen molar-refractivity contribution in [3.63, 3.8) is 0 Å². The van der Waals surface area contributed by atoms with Gasteiger partial charge in [0.05, 0.1) is 23.3 Å². The van der Waals surface area contributed by atoms with E-state index in [9.17, 15) is 29.1 Å². The summed E-state index contributed by atoms with van der Waals surface area (Å²) in [5, 5.41) is 10.9. The van der Waals surface area contributed by atoms with E-state index in [1.54, 1.807) is 6.92 Å². The van der Waals surface area contributed by atoms with Crippen LogP contribution in [0.5, 0.6) is 0 Å². The lowest BCUT2D eigenvalue weighted by atomic mass is 9.50. The molecular weight excluding hydrogens is 580 g/mol. The van der Waals surface area contributed by atoms with Crippen molar-refractivity contribution < 1.29 is 62.2 Å². The summed E-state index contributed by atoms with van der Waals surface area (Å²) in [5.41, 5.74) is -4.85. The molecule has 12 atom stereocenters. The lowest BCUT2D eigenvalue weighted by Crippen LogP contribution is -2.78. The normalized spacial score (nSPS) is 47.1. The molecule has 4 heterocycles. The summed E-state index contributed by atoms with van der Waals surface area (Å²) in [6.07, 6.45) is -6.73. The van der Waals surface area contributed by atoms with E-state index in [1.807, 2.05) is 0 Å². The molecule has 4 aliphatic heterocycles. The van der Waals surface area contributed by atoms with Gasteiger partial charge in [-0.1, -0.05) is 13.5 Å². The zero-order valence-corrected chi connectivity index (χ0v) is 24.9. The highest BCUT2D eigenvalue weighted by molar-refractivity contribution is 6.23. The summed E-state index contributed by atoms with van der Waals surface area (Å²) in [5.74, 6) is -8.17. The summed E-state index contributed by atoms with van der Waals surface area (Å²) >= 11 is 6.82. The van der Waals surface area contributed by atoms with Gasteiger partial charge in [0.1, 0.15) is 30.0 Å². The fraction of sp³-hybridized carbons (Fsp3) is 0.750. The van der Waals surface area contributed by atoms with Crippen molar-refractivity contribution in [1.82, 2.24) is 0 Å². The van der Waals surface area contributed by atoms with Crippen LogP contribution in [0.25, 0.3) is 0 Å². The third kappa shape index (κ3) is 4.26. The molecule has 0 amide bonds. The van der Waals surface area contributed by atoms with E-state index < -0.39 is 106 Å². The number of esters is 5. The molecule has 5 fully saturated rings. The van der Waals surface area contributed by atoms with Crippen LogP contribution in [0.2, 0.25) is 0 Å². The van der Waals surface area contributed by atoms with Crippen LogP contribution in [0.4, 0.5) is 0 Å². The number of alkyl halides is 1. The Morgan fingerprint density at radius 2 is 1.48 bits per heavy atom. The minimum absolute atomic E-state index is 0.00770. The molecule has 5 rings (SSSR count). The second-order valence-corrected chi connectivity index (χ2v) is 12.6. The molecule has 4 saturated heterocycles. The Kier molecular flexibility index (Phi) is 7.24. The van der Waals surface area contributed by atoms with Gasteiger partial charge in [-0.05, 0) is 6.92 Å². The lowest BCUT2D eigenvalue weighted by molar-refractivity contribution is -0.356. The number of rotatable bonds is 4. The Bertz CT molecular complexity index is 1250. The van der Waals surface area contributed by atoms with Gasteiger partial charge in [-0.25, -0.2) is 0 Å². The second kappa shape index (κ2) is 9.90. The SMILES string of the molecule is C=C1[C@H](Cl)[C@@H]2OC(=O)[C@H](C)[C@]23OC1(O)C[C@H](OC(C)=O)[C@@]1(C)[C@@H](OC(C)=O)C[C@@H](OC(C)=O)[C@]2(CO2)[C@@H]1[C@@H]3OC(C)=O. The summed E-state index contributed by atoms with van der Waals surface area (Å²) < 4.78 is 41.6. The topological polar surface area (TPSA) is 173 Å². The van der Waals surface area contributed by atoms with Gasteiger partial charge < -0.3 is 38.3 Å². The molecule has 0 aromatic rings. The van der Waals surface area contributed by atoms with E-state index in [0.717, 1.165) is 6.92 Å². The van der Waals surface area contributed by atoms with Crippen molar-refractivity contribution in [3.8, 4) is 0 Å². The first-order valence-corrected chi connectivity index (χ1v) is 14.2. The van der Waals surface area contributed by atoms with Crippen LogP contribution >= 0.6 is 11.6 Å². The highest BCUT2D eigenvalue weighted by atomic mass is 35.5. The molecular formula is C28H35ClO13. The Morgan fingerprint density at radius 3 is 2.00 bits per heavy atom. The van der Waals surface area contributed by atoms with E-state index in [2.05, 4.69) is 6.58 Å². The highest BCUT2D eigenvalue weighted by Gasteiger charge is 2.82. The summed E-state index contributed by atoms with van der Waals surface area (Å²) in [4.78, 5) is 63.4. The largest absolute Gasteiger partial charge is 0.462 e. The predicted molar refractivity (Wildman–Crippen MR) is 138 cm³/mol. The van der Waals surface area contributed by atoms with Gasteiger partial charge >= 0.3 is 29.8 Å². The van der Waals surface area contributed by atoms with Crippen molar-refractivity contribution in [2.75, 3.05) is 6.61 Å². The first-order chi connectivity index (χ1) is 19.4. The lowest BCUT2D eigenvalue weighted by Gasteiger charge is -2.63. The predicted octanol–water partition coefficient (Wildman–Crippen LogP) is 1.09. The molecule has 2 bridgehead atoms. The van der Waals surface area contributed by atoms with Gasteiger partial charge in [0.15, 0.2) is 17.5 Å². The molecule has 0 radical (unpaired) electrons. The van der Waals surface area contributed by atoms with Crippen LogP contribution in [0.15, 0.2) is 12.2 Å². The van der Waals surface area contributed by atoms with E-state index in [0.29, 0.717) is 0 Å². The number of fused-ring (bicyclic) bond motifs is 3. The molecule has 42 heavy (non-hydrogen) atoms. The van der Waals surface area contributed by atoms with Crippen molar-refractivity contribution in [1.29, 1.82) is 0 Å². The van der Waals surface area contributed by atoms with Crippen molar-refractivity contribution >= 4 is 41.4 Å². The number of halogens is 1. The molecule has 1 aliphatic carbocycles. The highest BCUT2D eigenvalue weighted by Crippen LogP contribution is 2.66. The van der Waals surface area contributed by atoms with Crippen molar-refractivity contribution in [2.45, 2.75) is 107 Å². The maximum atomic E-state index is 13.2. The summed E-state index contributed by atoms with van der Waals surface area (Å²) in [7, 11) is 0. The summed E-state index contributed by atoms with van der Waals surface area (Å²) in [6.45, 7) is 11.8. The van der Waals surface area contributed by atoms with Gasteiger partial charge in [0.25, 0.3) is 0 Å². The van der Waals surface area contributed by atoms with Crippen LogP contribution < -0.4 is 0 Å². The smallest absolute Gasteiger partial charge is 0.312 e. The quantitative estimate of drug-likeness (QED) is 0.157. The summed E-state index contributed by atoms with van der Waals surface area (Å²) in [6, 6.07) is 0.